The van der Waals surface area contributed by atoms with E-state index in [0.717, 1.165) is 42.5 Å². The number of ketones is 1. The molecule has 0 aliphatic rings. The second-order valence-electron chi connectivity index (χ2n) is 5.47. The number of carbonyl (C=O) groups excluding carboxylic acids is 2. The molecular weight excluding hydrogens is 266 g/mol. The fraction of sp³-hybridized carbons (Fsp3) is 0.529. The summed E-state index contributed by atoms with van der Waals surface area (Å²) in [5, 5.41) is 12.0. The highest BCUT2D eigenvalue weighted by atomic mass is 16.3. The van der Waals surface area contributed by atoms with Crippen LogP contribution in [0.5, 0.6) is 0 Å². The van der Waals surface area contributed by atoms with E-state index in [-0.39, 0.29) is 18.3 Å². The zero-order chi connectivity index (χ0) is 15.7. The summed E-state index contributed by atoms with van der Waals surface area (Å²) in [5.74, 6) is 0.228. The van der Waals surface area contributed by atoms with Gasteiger partial charge in [-0.05, 0) is 43.9 Å². The predicted molar refractivity (Wildman–Crippen MR) is 84.1 cm³/mol. The van der Waals surface area contributed by atoms with Gasteiger partial charge in [-0.15, -0.1) is 0 Å². The van der Waals surface area contributed by atoms with Crippen molar-refractivity contribution < 1.29 is 14.7 Å². The van der Waals surface area contributed by atoms with E-state index in [2.05, 4.69) is 5.32 Å². The maximum atomic E-state index is 11.9. The Labute approximate surface area is 126 Å². The van der Waals surface area contributed by atoms with Gasteiger partial charge in [0, 0.05) is 18.5 Å². The maximum absolute atomic E-state index is 11.9. The lowest BCUT2D eigenvalue weighted by Crippen LogP contribution is -2.12. The quantitative estimate of drug-likeness (QED) is 0.686. The van der Waals surface area contributed by atoms with Gasteiger partial charge in [0.2, 0.25) is 5.91 Å². The summed E-state index contributed by atoms with van der Waals surface area (Å²) in [6.07, 6.45) is 4.83. The van der Waals surface area contributed by atoms with E-state index in [9.17, 15) is 9.59 Å². The third-order valence-corrected chi connectivity index (χ3v) is 3.44. The molecule has 1 amide bonds. The first kappa shape index (κ1) is 17.4. The van der Waals surface area contributed by atoms with E-state index in [1.54, 1.807) is 13.0 Å². The van der Waals surface area contributed by atoms with E-state index >= 15 is 0 Å². The van der Waals surface area contributed by atoms with Crippen LogP contribution in [0.4, 0.5) is 5.69 Å². The van der Waals surface area contributed by atoms with Crippen molar-refractivity contribution in [3.63, 3.8) is 0 Å². The number of hydrogen-bond donors (Lipinski definition) is 2. The molecule has 0 radical (unpaired) electrons. The number of aliphatic hydroxyl groups is 1. The van der Waals surface area contributed by atoms with Crippen LogP contribution in [0, 0.1) is 6.92 Å². The molecule has 0 saturated carbocycles. The molecule has 4 heteroatoms. The van der Waals surface area contributed by atoms with Crippen LogP contribution in [0.15, 0.2) is 18.2 Å². The average Bonchev–Trinajstić information content (AvgIpc) is 2.44. The number of hydrogen-bond acceptors (Lipinski definition) is 3. The topological polar surface area (TPSA) is 66.4 Å². The van der Waals surface area contributed by atoms with E-state index in [0.29, 0.717) is 12.8 Å². The summed E-state index contributed by atoms with van der Waals surface area (Å²) >= 11 is 0. The number of Topliss-reactive ketones (excluding diaryl/α,β-unsaturated/α-hetero) is 1. The van der Waals surface area contributed by atoms with E-state index in [1.165, 1.54) is 0 Å². The first-order chi connectivity index (χ1) is 10.0. The number of aryl methyl sites for hydroxylation is 1. The highest BCUT2D eigenvalue weighted by Gasteiger charge is 2.05. The zero-order valence-corrected chi connectivity index (χ0v) is 12.9. The largest absolute Gasteiger partial charge is 0.392 e. The first-order valence-electron chi connectivity index (χ1n) is 7.52. The van der Waals surface area contributed by atoms with Gasteiger partial charge in [-0.2, -0.15) is 0 Å². The van der Waals surface area contributed by atoms with Gasteiger partial charge in [0.05, 0.1) is 6.61 Å². The Morgan fingerprint density at radius 1 is 1.10 bits per heavy atom. The average molecular weight is 291 g/mol. The molecule has 0 aromatic heterocycles. The zero-order valence-electron chi connectivity index (χ0n) is 12.9. The molecule has 2 N–H and O–H groups in total. The summed E-state index contributed by atoms with van der Waals surface area (Å²) in [6, 6.07) is 5.54. The molecule has 0 unspecified atom stereocenters. The van der Waals surface area contributed by atoms with Crippen LogP contribution in [0.1, 0.15) is 56.6 Å². The van der Waals surface area contributed by atoms with Gasteiger partial charge in [0.15, 0.2) is 0 Å². The van der Waals surface area contributed by atoms with Crippen molar-refractivity contribution in [3.05, 3.63) is 29.3 Å². The predicted octanol–water partition coefficient (Wildman–Crippen LogP) is 3.36. The number of carbonyl (C=O) groups is 2. The highest BCUT2D eigenvalue weighted by molar-refractivity contribution is 5.91. The fourth-order valence-corrected chi connectivity index (χ4v) is 2.13. The minimum Gasteiger partial charge on any atom is -0.392 e. The third-order valence-electron chi connectivity index (χ3n) is 3.44. The van der Waals surface area contributed by atoms with Gasteiger partial charge >= 0.3 is 0 Å². The summed E-state index contributed by atoms with van der Waals surface area (Å²) in [5.41, 5.74) is 2.55. The Hall–Kier alpha value is -1.68. The Bertz CT molecular complexity index is 483. The van der Waals surface area contributed by atoms with Gasteiger partial charge in [-0.25, -0.2) is 0 Å². The van der Waals surface area contributed by atoms with Crippen LogP contribution in [-0.2, 0) is 16.2 Å². The molecule has 0 atom stereocenters. The molecule has 0 bridgehead atoms. The lowest BCUT2D eigenvalue weighted by atomic mass is 10.1. The second-order valence-corrected chi connectivity index (χ2v) is 5.47. The molecule has 1 aromatic rings. The van der Waals surface area contributed by atoms with Gasteiger partial charge in [-0.1, -0.05) is 25.0 Å². The molecule has 116 valence electrons. The van der Waals surface area contributed by atoms with E-state index in [1.807, 2.05) is 19.1 Å². The van der Waals surface area contributed by atoms with E-state index < -0.39 is 0 Å². The molecule has 0 heterocycles. The monoisotopic (exact) mass is 291 g/mol. The van der Waals surface area contributed by atoms with Crippen molar-refractivity contribution in [2.75, 3.05) is 5.32 Å². The van der Waals surface area contributed by atoms with Crippen molar-refractivity contribution in [2.24, 2.45) is 0 Å². The fourth-order valence-electron chi connectivity index (χ4n) is 2.13. The number of aliphatic hydroxyl groups excluding tert-OH is 1. The van der Waals surface area contributed by atoms with Crippen LogP contribution in [0.3, 0.4) is 0 Å². The molecule has 21 heavy (non-hydrogen) atoms. The van der Waals surface area contributed by atoms with Crippen molar-refractivity contribution in [3.8, 4) is 0 Å². The minimum atomic E-state index is -0.0285. The Kier molecular flexibility index (Phi) is 7.69. The Morgan fingerprint density at radius 2 is 1.76 bits per heavy atom. The van der Waals surface area contributed by atoms with Crippen molar-refractivity contribution in [1.82, 2.24) is 0 Å². The van der Waals surface area contributed by atoms with Gasteiger partial charge in [0.25, 0.3) is 0 Å². The number of rotatable bonds is 9. The molecule has 4 nitrogen and oxygen atoms in total. The van der Waals surface area contributed by atoms with Crippen molar-refractivity contribution in [2.45, 2.75) is 59.0 Å². The number of anilines is 1. The third kappa shape index (κ3) is 7.04. The normalized spacial score (nSPS) is 10.4. The first-order valence-corrected chi connectivity index (χ1v) is 7.52. The summed E-state index contributed by atoms with van der Waals surface area (Å²) in [4.78, 5) is 22.7. The van der Waals surface area contributed by atoms with Crippen LogP contribution >= 0.6 is 0 Å². The molecule has 1 aromatic carbocycles. The van der Waals surface area contributed by atoms with Crippen LogP contribution in [0.25, 0.3) is 0 Å². The second kappa shape index (κ2) is 9.29. The number of amides is 1. The molecule has 0 saturated heterocycles. The van der Waals surface area contributed by atoms with Crippen molar-refractivity contribution >= 4 is 17.4 Å². The summed E-state index contributed by atoms with van der Waals surface area (Å²) < 4.78 is 0. The molecule has 0 aliphatic carbocycles. The summed E-state index contributed by atoms with van der Waals surface area (Å²) in [7, 11) is 0. The van der Waals surface area contributed by atoms with Crippen LogP contribution in [0.2, 0.25) is 0 Å². The highest BCUT2D eigenvalue weighted by Crippen LogP contribution is 2.17. The van der Waals surface area contributed by atoms with Gasteiger partial charge < -0.3 is 15.2 Å². The lowest BCUT2D eigenvalue weighted by molar-refractivity contribution is -0.117. The number of unbranched alkanes of at least 4 members (excludes halogenated alkanes) is 3. The maximum Gasteiger partial charge on any atom is 0.224 e. The van der Waals surface area contributed by atoms with Gasteiger partial charge in [0.1, 0.15) is 5.78 Å². The number of benzene rings is 1. The molecule has 0 aliphatic heterocycles. The van der Waals surface area contributed by atoms with Gasteiger partial charge in [-0.3, -0.25) is 4.79 Å². The smallest absolute Gasteiger partial charge is 0.224 e. The lowest BCUT2D eigenvalue weighted by Gasteiger charge is -2.10. The Balaban J connectivity index is 2.29. The molecule has 0 spiro atoms. The van der Waals surface area contributed by atoms with Crippen LogP contribution in [-0.4, -0.2) is 16.8 Å². The molecule has 1 rings (SSSR count). The van der Waals surface area contributed by atoms with E-state index in [4.69, 9.17) is 5.11 Å². The number of nitrogens with one attached hydrogen (secondary N) is 1. The standard InChI is InChI=1S/C17H25NO3/c1-13-9-10-15(12-19)11-16(13)18-17(21)8-6-4-3-5-7-14(2)20/h9-11,19H,3-8,12H2,1-2H3,(H,18,21). The Morgan fingerprint density at radius 3 is 2.38 bits per heavy atom. The summed E-state index contributed by atoms with van der Waals surface area (Å²) in [6.45, 7) is 3.51. The minimum absolute atomic E-state index is 0.000224. The van der Waals surface area contributed by atoms with Crippen LogP contribution < -0.4 is 5.32 Å². The van der Waals surface area contributed by atoms with Crippen molar-refractivity contribution in [1.29, 1.82) is 0 Å². The molecule has 0 fully saturated rings. The molecular formula is C17H25NO3. The SMILES string of the molecule is CC(=O)CCCCCCC(=O)Nc1cc(CO)ccc1C.